The first kappa shape index (κ1) is 33.1. The summed E-state index contributed by atoms with van der Waals surface area (Å²) < 4.78 is 9.34. The van der Waals surface area contributed by atoms with E-state index in [1.165, 1.54) is 86.6 Å². The fourth-order valence-corrected chi connectivity index (χ4v) is 12.1. The number of rotatable bonds is 3. The van der Waals surface area contributed by atoms with Crippen LogP contribution >= 0.6 is 11.3 Å². The van der Waals surface area contributed by atoms with E-state index in [9.17, 15) is 0 Å². The fraction of sp³-hybridized carbons (Fsp3) is 0.0714. The molecule has 278 valence electrons. The van der Waals surface area contributed by atoms with E-state index in [2.05, 4.69) is 207 Å². The minimum Gasteiger partial charge on any atom is -0.457 e. The van der Waals surface area contributed by atoms with Crippen molar-refractivity contribution >= 4 is 59.3 Å². The second-order valence-corrected chi connectivity index (χ2v) is 17.9. The Balaban J connectivity index is 1.11. The lowest BCUT2D eigenvalue weighted by atomic mass is 9.66. The zero-order chi connectivity index (χ0) is 39.0. The number of ether oxygens (including phenoxy) is 1. The summed E-state index contributed by atoms with van der Waals surface area (Å²) in [6.45, 7) is 4.74. The van der Waals surface area contributed by atoms with Gasteiger partial charge in [-0.3, -0.25) is 0 Å². The summed E-state index contributed by atoms with van der Waals surface area (Å²) in [6.07, 6.45) is 0. The second kappa shape index (κ2) is 11.8. The van der Waals surface area contributed by atoms with Crippen molar-refractivity contribution in [3.05, 3.63) is 221 Å². The summed E-state index contributed by atoms with van der Waals surface area (Å²) >= 11 is 1.87. The number of nitrogens with zero attached hydrogens (tertiary/aromatic N) is 1. The van der Waals surface area contributed by atoms with E-state index < -0.39 is 5.41 Å². The molecular weight excluding hydrogens is 735 g/mol. The molecule has 10 aromatic rings. The van der Waals surface area contributed by atoms with Crippen molar-refractivity contribution in [2.75, 3.05) is 4.90 Å². The van der Waals surface area contributed by atoms with E-state index in [1.807, 2.05) is 11.3 Å². The highest BCUT2D eigenvalue weighted by Crippen LogP contribution is 2.64. The van der Waals surface area contributed by atoms with E-state index in [0.29, 0.717) is 0 Å². The molecule has 0 N–H and O–H groups in total. The van der Waals surface area contributed by atoms with Gasteiger partial charge in [-0.1, -0.05) is 147 Å². The molecule has 0 saturated carbocycles. The number of benzene rings is 9. The zero-order valence-corrected chi connectivity index (χ0v) is 33.5. The molecule has 3 heteroatoms. The molecule has 0 amide bonds. The quantitative estimate of drug-likeness (QED) is 0.177. The first-order valence-electron chi connectivity index (χ1n) is 20.5. The maximum atomic E-state index is 6.74. The molecule has 9 aromatic carbocycles. The molecule has 0 atom stereocenters. The summed E-state index contributed by atoms with van der Waals surface area (Å²) in [7, 11) is 0. The van der Waals surface area contributed by atoms with E-state index in [1.54, 1.807) is 0 Å². The normalized spacial score (nSPS) is 14.7. The van der Waals surface area contributed by atoms with Crippen molar-refractivity contribution in [1.82, 2.24) is 0 Å². The summed E-state index contributed by atoms with van der Waals surface area (Å²) in [4.78, 5) is 2.50. The van der Waals surface area contributed by atoms with E-state index in [4.69, 9.17) is 4.74 Å². The van der Waals surface area contributed by atoms with Gasteiger partial charge in [0.15, 0.2) is 0 Å². The van der Waals surface area contributed by atoms with Crippen LogP contribution in [0.1, 0.15) is 47.2 Å². The predicted octanol–water partition coefficient (Wildman–Crippen LogP) is 15.5. The van der Waals surface area contributed by atoms with Crippen molar-refractivity contribution in [1.29, 1.82) is 0 Å². The minimum absolute atomic E-state index is 0.136. The molecule has 1 aliphatic heterocycles. The summed E-state index contributed by atoms with van der Waals surface area (Å²) in [5, 5.41) is 5.12. The molecule has 3 aliphatic rings. The molecule has 2 nitrogen and oxygen atoms in total. The average molecular weight is 772 g/mol. The molecule has 0 bridgehead atoms. The van der Waals surface area contributed by atoms with Crippen molar-refractivity contribution in [3.8, 4) is 33.8 Å². The average Bonchev–Trinajstić information content (AvgIpc) is 3.87. The molecule has 0 fully saturated rings. The molecular formula is C56H37NOS. The number of anilines is 3. The fourth-order valence-electron chi connectivity index (χ4n) is 10.9. The van der Waals surface area contributed by atoms with Crippen LogP contribution in [0.5, 0.6) is 11.5 Å². The Morgan fingerprint density at radius 3 is 1.78 bits per heavy atom. The van der Waals surface area contributed by atoms with Gasteiger partial charge in [-0.05, 0) is 110 Å². The smallest absolute Gasteiger partial charge is 0.132 e. The number of hydrogen-bond donors (Lipinski definition) is 0. The van der Waals surface area contributed by atoms with Crippen LogP contribution in [0, 0.1) is 0 Å². The molecule has 2 heterocycles. The van der Waals surface area contributed by atoms with Gasteiger partial charge >= 0.3 is 0 Å². The van der Waals surface area contributed by atoms with Gasteiger partial charge in [0.2, 0.25) is 0 Å². The van der Waals surface area contributed by atoms with Crippen molar-refractivity contribution in [2.24, 2.45) is 0 Å². The molecule has 0 saturated heterocycles. The zero-order valence-electron chi connectivity index (χ0n) is 32.7. The highest BCUT2D eigenvalue weighted by atomic mass is 32.1. The van der Waals surface area contributed by atoms with Gasteiger partial charge in [-0.25, -0.2) is 0 Å². The summed E-state index contributed by atoms with van der Waals surface area (Å²) in [6, 6.07) is 70.0. The topological polar surface area (TPSA) is 12.5 Å². The Morgan fingerprint density at radius 1 is 0.407 bits per heavy atom. The molecule has 1 spiro atoms. The van der Waals surface area contributed by atoms with Crippen LogP contribution in [0.25, 0.3) is 53.2 Å². The van der Waals surface area contributed by atoms with Crippen LogP contribution in [0.3, 0.4) is 0 Å². The van der Waals surface area contributed by atoms with Crippen LogP contribution < -0.4 is 9.64 Å². The Hall–Kier alpha value is -6.94. The first-order chi connectivity index (χ1) is 29.0. The monoisotopic (exact) mass is 771 g/mol. The van der Waals surface area contributed by atoms with E-state index >= 15 is 0 Å². The van der Waals surface area contributed by atoms with Crippen LogP contribution in [0.15, 0.2) is 188 Å². The number of hydrogen-bond acceptors (Lipinski definition) is 3. The third-order valence-corrected chi connectivity index (χ3v) is 14.6. The molecule has 2 aliphatic carbocycles. The van der Waals surface area contributed by atoms with Gasteiger partial charge in [0, 0.05) is 53.8 Å². The van der Waals surface area contributed by atoms with Crippen LogP contribution in [0.2, 0.25) is 0 Å². The number of fused-ring (bicyclic) bond motifs is 17. The predicted molar refractivity (Wildman–Crippen MR) is 246 cm³/mol. The highest BCUT2D eigenvalue weighted by molar-refractivity contribution is 7.25. The van der Waals surface area contributed by atoms with Crippen LogP contribution in [-0.2, 0) is 10.8 Å². The first-order valence-corrected chi connectivity index (χ1v) is 21.3. The van der Waals surface area contributed by atoms with Crippen molar-refractivity contribution in [3.63, 3.8) is 0 Å². The molecule has 13 rings (SSSR count). The Morgan fingerprint density at radius 2 is 0.983 bits per heavy atom. The van der Waals surface area contributed by atoms with Gasteiger partial charge in [0.1, 0.15) is 11.5 Å². The van der Waals surface area contributed by atoms with E-state index in [-0.39, 0.29) is 5.41 Å². The lowest BCUT2D eigenvalue weighted by Gasteiger charge is -2.39. The molecule has 1 aromatic heterocycles. The standard InChI is InChI=1S/C56H37NOS/c1-55(2)44-17-7-5-15-39(44)40-27-24-35(31-48(40)55)57(37-25-28-42-41-16-6-12-22-52(41)59-53(42)33-37)36-26-29-43-49(32-36)56(47-30-23-34-13-3-4-14-38(34)54(43)47)45-18-8-10-20-50(45)58-51-21-11-9-19-46(51)56/h3-33H,1-2H3. The van der Waals surface area contributed by atoms with Gasteiger partial charge in [-0.2, -0.15) is 0 Å². The minimum atomic E-state index is -0.598. The van der Waals surface area contributed by atoms with E-state index in [0.717, 1.165) is 28.6 Å². The lowest BCUT2D eigenvalue weighted by molar-refractivity contribution is 0.436. The third-order valence-electron chi connectivity index (χ3n) is 13.5. The SMILES string of the molecule is CC1(C)c2ccccc2-c2ccc(N(c3ccc4c(c3)C3(c5ccccc5Oc5ccccc53)c3ccc5ccccc5c3-4)c3ccc4c(c3)sc3ccccc34)cc21. The molecule has 0 unspecified atom stereocenters. The largest absolute Gasteiger partial charge is 0.457 e. The maximum absolute atomic E-state index is 6.74. The van der Waals surface area contributed by atoms with Gasteiger partial charge in [0.05, 0.1) is 5.41 Å². The molecule has 0 radical (unpaired) electrons. The van der Waals surface area contributed by atoms with Crippen molar-refractivity contribution in [2.45, 2.75) is 24.7 Å². The maximum Gasteiger partial charge on any atom is 0.132 e. The van der Waals surface area contributed by atoms with Crippen LogP contribution in [0.4, 0.5) is 17.1 Å². The second-order valence-electron chi connectivity index (χ2n) is 16.8. The van der Waals surface area contributed by atoms with Gasteiger partial charge in [0.25, 0.3) is 0 Å². The van der Waals surface area contributed by atoms with Gasteiger partial charge < -0.3 is 9.64 Å². The third kappa shape index (κ3) is 4.35. The number of para-hydroxylation sites is 2. The number of thiophene rings is 1. The van der Waals surface area contributed by atoms with Crippen LogP contribution in [-0.4, -0.2) is 0 Å². The van der Waals surface area contributed by atoms with Gasteiger partial charge in [-0.15, -0.1) is 11.3 Å². The Labute approximate surface area is 347 Å². The Kier molecular flexibility index (Phi) is 6.62. The summed E-state index contributed by atoms with van der Waals surface area (Å²) in [5.41, 5.74) is 15.5. The Bertz CT molecular complexity index is 3380. The lowest BCUT2D eigenvalue weighted by Crippen LogP contribution is -2.32. The summed E-state index contributed by atoms with van der Waals surface area (Å²) in [5.74, 6) is 1.80. The van der Waals surface area contributed by atoms with Crippen molar-refractivity contribution < 1.29 is 4.74 Å². The highest BCUT2D eigenvalue weighted by Gasteiger charge is 2.51. The molecule has 59 heavy (non-hydrogen) atoms.